The molecule has 1 aromatic heterocycles. The molecular formula is C11H15NO5S2. The predicted molar refractivity (Wildman–Crippen MR) is 70.2 cm³/mol. The first kappa shape index (κ1) is 14.4. The van der Waals surface area contributed by atoms with Crippen molar-refractivity contribution in [3.8, 4) is 0 Å². The van der Waals surface area contributed by atoms with Crippen molar-refractivity contribution >= 4 is 27.3 Å². The fourth-order valence-corrected chi connectivity index (χ4v) is 4.76. The molecule has 0 amide bonds. The molecule has 2 rings (SSSR count). The van der Waals surface area contributed by atoms with Crippen molar-refractivity contribution in [1.29, 1.82) is 0 Å². The number of hydrogen-bond acceptors (Lipinski definition) is 5. The van der Waals surface area contributed by atoms with Crippen LogP contribution in [0.15, 0.2) is 11.0 Å². The SMILES string of the molecule is Cc1sc(C(=O)O)cc1S(=O)(=O)NC1CCOC1C. The van der Waals surface area contributed by atoms with Crippen LogP contribution in [0.3, 0.4) is 0 Å². The molecule has 0 saturated carbocycles. The summed E-state index contributed by atoms with van der Waals surface area (Å²) in [5.41, 5.74) is 0. The summed E-state index contributed by atoms with van der Waals surface area (Å²) in [6, 6.07) is 0.933. The minimum Gasteiger partial charge on any atom is -0.477 e. The molecule has 0 aliphatic carbocycles. The Morgan fingerprint density at radius 1 is 1.58 bits per heavy atom. The van der Waals surface area contributed by atoms with E-state index in [9.17, 15) is 13.2 Å². The average molecular weight is 305 g/mol. The first-order valence-electron chi connectivity index (χ1n) is 5.79. The van der Waals surface area contributed by atoms with E-state index >= 15 is 0 Å². The maximum Gasteiger partial charge on any atom is 0.345 e. The Kier molecular flexibility index (Phi) is 3.95. The van der Waals surface area contributed by atoms with Gasteiger partial charge < -0.3 is 9.84 Å². The Hall–Kier alpha value is -0.960. The number of aryl methyl sites for hydroxylation is 1. The zero-order valence-electron chi connectivity index (χ0n) is 10.5. The second-order valence-electron chi connectivity index (χ2n) is 4.43. The summed E-state index contributed by atoms with van der Waals surface area (Å²) >= 11 is 0.958. The maximum absolute atomic E-state index is 12.2. The summed E-state index contributed by atoms with van der Waals surface area (Å²) in [6.07, 6.45) is 0.447. The molecule has 2 atom stereocenters. The zero-order chi connectivity index (χ0) is 14.2. The Bertz CT molecular complexity index is 592. The van der Waals surface area contributed by atoms with Crippen LogP contribution in [-0.2, 0) is 14.8 Å². The van der Waals surface area contributed by atoms with Crippen molar-refractivity contribution in [2.75, 3.05) is 6.61 Å². The standard InChI is InChI=1S/C11H15NO5S2/c1-6-8(3-4-17-6)12-19(15,16)10-5-9(11(13)14)18-7(10)2/h5-6,8,12H,3-4H2,1-2H3,(H,13,14). The van der Waals surface area contributed by atoms with Gasteiger partial charge in [-0.05, 0) is 26.3 Å². The molecule has 1 fully saturated rings. The largest absolute Gasteiger partial charge is 0.477 e. The summed E-state index contributed by atoms with van der Waals surface area (Å²) < 4.78 is 32.4. The number of thiophene rings is 1. The number of carboxylic acids is 1. The average Bonchev–Trinajstić information content (AvgIpc) is 2.86. The summed E-state index contributed by atoms with van der Waals surface area (Å²) in [4.78, 5) is 11.4. The van der Waals surface area contributed by atoms with Crippen LogP contribution in [0.4, 0.5) is 0 Å². The monoisotopic (exact) mass is 305 g/mol. The van der Waals surface area contributed by atoms with Crippen molar-refractivity contribution < 1.29 is 23.1 Å². The first-order chi connectivity index (χ1) is 8.81. The Balaban J connectivity index is 2.26. The second kappa shape index (κ2) is 5.20. The van der Waals surface area contributed by atoms with E-state index in [1.165, 1.54) is 6.07 Å². The summed E-state index contributed by atoms with van der Waals surface area (Å²) in [5.74, 6) is -1.12. The highest BCUT2D eigenvalue weighted by atomic mass is 32.2. The topological polar surface area (TPSA) is 92.7 Å². The van der Waals surface area contributed by atoms with E-state index in [2.05, 4.69) is 4.72 Å². The molecule has 0 spiro atoms. The van der Waals surface area contributed by atoms with Gasteiger partial charge in [-0.3, -0.25) is 0 Å². The highest BCUT2D eigenvalue weighted by Crippen LogP contribution is 2.26. The smallest absolute Gasteiger partial charge is 0.345 e. The number of aromatic carboxylic acids is 1. The van der Waals surface area contributed by atoms with E-state index in [1.54, 1.807) is 6.92 Å². The van der Waals surface area contributed by atoms with Gasteiger partial charge in [0.15, 0.2) is 0 Å². The quantitative estimate of drug-likeness (QED) is 0.872. The number of carboxylic acid groups (broad SMARTS) is 1. The minimum absolute atomic E-state index is 0.0218. The van der Waals surface area contributed by atoms with Gasteiger partial charge in [0.1, 0.15) is 4.88 Å². The van der Waals surface area contributed by atoms with E-state index in [4.69, 9.17) is 9.84 Å². The molecular weight excluding hydrogens is 290 g/mol. The summed E-state index contributed by atoms with van der Waals surface area (Å²) in [6.45, 7) is 3.93. The van der Waals surface area contributed by atoms with Crippen LogP contribution in [0, 0.1) is 6.92 Å². The van der Waals surface area contributed by atoms with Gasteiger partial charge in [-0.2, -0.15) is 0 Å². The molecule has 8 heteroatoms. The number of carbonyl (C=O) groups is 1. The third kappa shape index (κ3) is 2.97. The predicted octanol–water partition coefficient (Wildman–Crippen LogP) is 1.21. The summed E-state index contributed by atoms with van der Waals surface area (Å²) in [7, 11) is -3.70. The van der Waals surface area contributed by atoms with E-state index in [0.717, 1.165) is 11.3 Å². The van der Waals surface area contributed by atoms with Crippen molar-refractivity contribution in [1.82, 2.24) is 4.72 Å². The van der Waals surface area contributed by atoms with Crippen molar-refractivity contribution in [3.05, 3.63) is 15.8 Å². The molecule has 2 unspecified atom stereocenters. The van der Waals surface area contributed by atoms with Crippen LogP contribution in [0.5, 0.6) is 0 Å². The third-order valence-corrected chi connectivity index (χ3v) is 5.84. The van der Waals surface area contributed by atoms with E-state index in [-0.39, 0.29) is 21.9 Å². The Morgan fingerprint density at radius 3 is 2.74 bits per heavy atom. The first-order valence-corrected chi connectivity index (χ1v) is 8.09. The van der Waals surface area contributed by atoms with Gasteiger partial charge in [0.2, 0.25) is 10.0 Å². The molecule has 1 saturated heterocycles. The lowest BCUT2D eigenvalue weighted by atomic mass is 10.2. The minimum atomic E-state index is -3.70. The van der Waals surface area contributed by atoms with Gasteiger partial charge >= 0.3 is 5.97 Å². The van der Waals surface area contributed by atoms with Gasteiger partial charge in [-0.1, -0.05) is 0 Å². The molecule has 1 aliphatic heterocycles. The molecule has 19 heavy (non-hydrogen) atoms. The van der Waals surface area contributed by atoms with E-state index < -0.39 is 16.0 Å². The number of hydrogen-bond donors (Lipinski definition) is 2. The highest BCUT2D eigenvalue weighted by molar-refractivity contribution is 7.89. The number of sulfonamides is 1. The molecule has 1 aromatic rings. The normalized spacial score (nSPS) is 23.7. The molecule has 2 heterocycles. The van der Waals surface area contributed by atoms with E-state index in [1.807, 2.05) is 6.92 Å². The van der Waals surface area contributed by atoms with Gasteiger partial charge in [-0.25, -0.2) is 17.9 Å². The van der Waals surface area contributed by atoms with Gasteiger partial charge in [0, 0.05) is 11.5 Å². The van der Waals surface area contributed by atoms with Gasteiger partial charge in [-0.15, -0.1) is 11.3 Å². The fraction of sp³-hybridized carbons (Fsp3) is 0.545. The molecule has 0 aromatic carbocycles. The van der Waals surface area contributed by atoms with Crippen LogP contribution in [0.25, 0.3) is 0 Å². The molecule has 106 valence electrons. The van der Waals surface area contributed by atoms with Crippen LogP contribution >= 0.6 is 11.3 Å². The van der Waals surface area contributed by atoms with Crippen LogP contribution in [0.2, 0.25) is 0 Å². The second-order valence-corrected chi connectivity index (χ2v) is 7.37. The molecule has 0 bridgehead atoms. The van der Waals surface area contributed by atoms with Gasteiger partial charge in [0.05, 0.1) is 17.0 Å². The molecule has 1 aliphatic rings. The van der Waals surface area contributed by atoms with Crippen LogP contribution in [0.1, 0.15) is 27.9 Å². The molecule has 6 nitrogen and oxygen atoms in total. The van der Waals surface area contributed by atoms with Crippen LogP contribution < -0.4 is 4.72 Å². The van der Waals surface area contributed by atoms with Crippen LogP contribution in [-0.4, -0.2) is 38.2 Å². The van der Waals surface area contributed by atoms with Crippen molar-refractivity contribution in [2.24, 2.45) is 0 Å². The van der Waals surface area contributed by atoms with E-state index in [0.29, 0.717) is 17.9 Å². The highest BCUT2D eigenvalue weighted by Gasteiger charge is 2.31. The fourth-order valence-electron chi connectivity index (χ4n) is 1.99. The lowest BCUT2D eigenvalue weighted by Gasteiger charge is -2.15. The number of ether oxygens (including phenoxy) is 1. The lowest BCUT2D eigenvalue weighted by molar-refractivity contribution is 0.0702. The van der Waals surface area contributed by atoms with Crippen molar-refractivity contribution in [3.63, 3.8) is 0 Å². The zero-order valence-corrected chi connectivity index (χ0v) is 12.2. The molecule has 2 N–H and O–H groups in total. The third-order valence-electron chi connectivity index (χ3n) is 3.06. The Labute approximate surface area is 115 Å². The van der Waals surface area contributed by atoms with Crippen molar-refractivity contribution in [2.45, 2.75) is 37.3 Å². The number of rotatable bonds is 4. The van der Waals surface area contributed by atoms with Gasteiger partial charge in [0.25, 0.3) is 0 Å². The number of nitrogens with one attached hydrogen (secondary N) is 1. The molecule has 0 radical (unpaired) electrons. The Morgan fingerprint density at radius 2 is 2.26 bits per heavy atom. The maximum atomic E-state index is 12.2. The summed E-state index contributed by atoms with van der Waals surface area (Å²) in [5, 5.41) is 8.89. The lowest BCUT2D eigenvalue weighted by Crippen LogP contribution is -2.39.